The molecule has 3 nitrogen and oxygen atoms in total. The van der Waals surface area contributed by atoms with Gasteiger partial charge in [0.05, 0.1) is 17.3 Å². The Morgan fingerprint density at radius 2 is 1.94 bits per heavy atom. The fraction of sp³-hybridized carbons (Fsp3) is 1.00. The van der Waals surface area contributed by atoms with E-state index >= 15 is 0 Å². The molecule has 3 heteroatoms. The second-order valence-electron chi connectivity index (χ2n) is 5.63. The lowest BCUT2D eigenvalue weighted by Gasteiger charge is -2.51. The van der Waals surface area contributed by atoms with E-state index in [1.807, 2.05) is 0 Å². The first-order valence-electron chi connectivity index (χ1n) is 7.20. The van der Waals surface area contributed by atoms with Crippen molar-refractivity contribution in [3.05, 3.63) is 0 Å². The molecule has 0 aromatic carbocycles. The number of rotatable bonds is 3. The molecule has 2 saturated heterocycles. The van der Waals surface area contributed by atoms with Crippen LogP contribution in [0.15, 0.2) is 0 Å². The van der Waals surface area contributed by atoms with Crippen LogP contribution in [-0.2, 0) is 9.47 Å². The molecule has 0 radical (unpaired) electrons. The average molecular weight is 241 g/mol. The van der Waals surface area contributed by atoms with Crippen LogP contribution in [0.3, 0.4) is 0 Å². The minimum absolute atomic E-state index is 0.0309. The van der Waals surface area contributed by atoms with Gasteiger partial charge in [-0.15, -0.1) is 0 Å². The maximum Gasteiger partial charge on any atom is 0.0861 e. The molecule has 0 saturated carbocycles. The Morgan fingerprint density at radius 3 is 2.59 bits per heavy atom. The summed E-state index contributed by atoms with van der Waals surface area (Å²) < 4.78 is 12.4. The summed E-state index contributed by atoms with van der Waals surface area (Å²) in [4.78, 5) is 0. The zero-order valence-electron chi connectivity index (χ0n) is 11.6. The van der Waals surface area contributed by atoms with E-state index in [2.05, 4.69) is 26.1 Å². The molecule has 0 bridgehead atoms. The third-order valence-corrected chi connectivity index (χ3v) is 4.58. The molecule has 1 N–H and O–H groups in total. The highest BCUT2D eigenvalue weighted by molar-refractivity contribution is 4.98. The maximum atomic E-state index is 6.59. The van der Waals surface area contributed by atoms with Crippen molar-refractivity contribution in [2.75, 3.05) is 19.7 Å². The molecule has 2 unspecified atom stereocenters. The second kappa shape index (κ2) is 5.25. The van der Waals surface area contributed by atoms with Crippen LogP contribution >= 0.6 is 0 Å². The molecular weight excluding hydrogens is 214 g/mol. The average Bonchev–Trinajstić information content (AvgIpc) is 2.38. The van der Waals surface area contributed by atoms with E-state index in [1.54, 1.807) is 0 Å². The third-order valence-electron chi connectivity index (χ3n) is 4.58. The van der Waals surface area contributed by atoms with Crippen molar-refractivity contribution in [3.63, 3.8) is 0 Å². The topological polar surface area (TPSA) is 30.5 Å². The van der Waals surface area contributed by atoms with Gasteiger partial charge in [-0.3, -0.25) is 0 Å². The molecule has 2 aliphatic rings. The number of morpholine rings is 1. The minimum Gasteiger partial charge on any atom is -0.378 e. The smallest absolute Gasteiger partial charge is 0.0861 e. The van der Waals surface area contributed by atoms with Crippen LogP contribution in [0.25, 0.3) is 0 Å². The molecule has 2 aliphatic heterocycles. The fourth-order valence-corrected chi connectivity index (χ4v) is 3.20. The first-order chi connectivity index (χ1) is 8.17. The van der Waals surface area contributed by atoms with Crippen LogP contribution in [0, 0.1) is 0 Å². The van der Waals surface area contributed by atoms with E-state index in [9.17, 15) is 0 Å². The molecule has 0 amide bonds. The lowest BCUT2D eigenvalue weighted by atomic mass is 9.84. The van der Waals surface area contributed by atoms with E-state index in [4.69, 9.17) is 9.47 Å². The van der Waals surface area contributed by atoms with Crippen molar-refractivity contribution >= 4 is 0 Å². The van der Waals surface area contributed by atoms with Crippen molar-refractivity contribution in [2.45, 2.75) is 70.2 Å². The lowest BCUT2D eigenvalue weighted by molar-refractivity contribution is -0.221. The summed E-state index contributed by atoms with van der Waals surface area (Å²) in [6.45, 7) is 9.52. The van der Waals surface area contributed by atoms with Gasteiger partial charge in [0.1, 0.15) is 0 Å². The van der Waals surface area contributed by atoms with Crippen LogP contribution in [0.4, 0.5) is 0 Å². The first-order valence-corrected chi connectivity index (χ1v) is 7.20. The van der Waals surface area contributed by atoms with Crippen LogP contribution in [0.2, 0.25) is 0 Å². The highest BCUT2D eigenvalue weighted by Gasteiger charge is 2.46. The molecule has 0 aromatic heterocycles. The Morgan fingerprint density at radius 1 is 1.18 bits per heavy atom. The molecule has 17 heavy (non-hydrogen) atoms. The molecular formula is C14H27NO2. The van der Waals surface area contributed by atoms with Gasteiger partial charge in [0, 0.05) is 32.5 Å². The first kappa shape index (κ1) is 13.3. The van der Waals surface area contributed by atoms with Gasteiger partial charge < -0.3 is 14.8 Å². The standard InChI is InChI=1S/C14H27NO2/c1-4-12-9-14(7-8-16-12)11-15-10-13(5-2,6-3)17-14/h12,15H,4-11H2,1-3H3. The Labute approximate surface area is 105 Å². The Kier molecular flexibility index (Phi) is 4.11. The summed E-state index contributed by atoms with van der Waals surface area (Å²) in [5.41, 5.74) is 0.0804. The molecule has 2 fully saturated rings. The van der Waals surface area contributed by atoms with Crippen LogP contribution in [0.5, 0.6) is 0 Å². The largest absolute Gasteiger partial charge is 0.378 e. The number of hydrogen-bond donors (Lipinski definition) is 1. The maximum absolute atomic E-state index is 6.59. The monoisotopic (exact) mass is 241 g/mol. The van der Waals surface area contributed by atoms with Crippen LogP contribution in [-0.4, -0.2) is 37.0 Å². The van der Waals surface area contributed by atoms with E-state index in [-0.39, 0.29) is 11.2 Å². The van der Waals surface area contributed by atoms with Gasteiger partial charge in [0.2, 0.25) is 0 Å². The molecule has 2 rings (SSSR count). The molecule has 0 aromatic rings. The van der Waals surface area contributed by atoms with Crippen LogP contribution < -0.4 is 5.32 Å². The van der Waals surface area contributed by atoms with E-state index < -0.39 is 0 Å². The lowest BCUT2D eigenvalue weighted by Crippen LogP contribution is -2.62. The normalized spacial score (nSPS) is 37.2. The van der Waals surface area contributed by atoms with E-state index in [0.717, 1.165) is 51.8 Å². The van der Waals surface area contributed by atoms with Crippen LogP contribution in [0.1, 0.15) is 52.9 Å². The highest BCUT2D eigenvalue weighted by atomic mass is 16.5. The third kappa shape index (κ3) is 2.67. The van der Waals surface area contributed by atoms with Crippen molar-refractivity contribution in [2.24, 2.45) is 0 Å². The summed E-state index contributed by atoms with van der Waals surface area (Å²) in [7, 11) is 0. The molecule has 0 aliphatic carbocycles. The number of ether oxygens (including phenoxy) is 2. The number of nitrogens with one attached hydrogen (secondary N) is 1. The van der Waals surface area contributed by atoms with Gasteiger partial charge in [0.15, 0.2) is 0 Å². The second-order valence-corrected chi connectivity index (χ2v) is 5.63. The summed E-state index contributed by atoms with van der Waals surface area (Å²) in [6.07, 6.45) is 5.76. The van der Waals surface area contributed by atoms with Crippen molar-refractivity contribution < 1.29 is 9.47 Å². The number of hydrogen-bond acceptors (Lipinski definition) is 3. The zero-order valence-corrected chi connectivity index (χ0v) is 11.6. The zero-order chi connectivity index (χ0) is 12.4. The van der Waals surface area contributed by atoms with Crippen molar-refractivity contribution in [1.29, 1.82) is 0 Å². The Hall–Kier alpha value is -0.120. The molecule has 2 atom stereocenters. The van der Waals surface area contributed by atoms with Gasteiger partial charge in [-0.25, -0.2) is 0 Å². The Balaban J connectivity index is 2.08. The van der Waals surface area contributed by atoms with E-state index in [0.29, 0.717) is 6.10 Å². The minimum atomic E-state index is 0.0309. The summed E-state index contributed by atoms with van der Waals surface area (Å²) >= 11 is 0. The summed E-state index contributed by atoms with van der Waals surface area (Å²) in [5, 5.41) is 3.60. The Bertz CT molecular complexity index is 249. The van der Waals surface area contributed by atoms with Crippen molar-refractivity contribution in [1.82, 2.24) is 5.32 Å². The van der Waals surface area contributed by atoms with Gasteiger partial charge >= 0.3 is 0 Å². The highest BCUT2D eigenvalue weighted by Crippen LogP contribution is 2.38. The predicted octanol–water partition coefficient (Wildman–Crippen LogP) is 2.49. The summed E-state index contributed by atoms with van der Waals surface area (Å²) in [5.74, 6) is 0. The van der Waals surface area contributed by atoms with Gasteiger partial charge in [-0.1, -0.05) is 20.8 Å². The van der Waals surface area contributed by atoms with Crippen molar-refractivity contribution in [3.8, 4) is 0 Å². The molecule has 1 spiro atoms. The van der Waals surface area contributed by atoms with E-state index in [1.165, 1.54) is 0 Å². The molecule has 2 heterocycles. The van der Waals surface area contributed by atoms with Gasteiger partial charge in [0.25, 0.3) is 0 Å². The predicted molar refractivity (Wildman–Crippen MR) is 69.3 cm³/mol. The quantitative estimate of drug-likeness (QED) is 0.823. The van der Waals surface area contributed by atoms with Gasteiger partial charge in [-0.2, -0.15) is 0 Å². The summed E-state index contributed by atoms with van der Waals surface area (Å²) in [6, 6.07) is 0. The SMILES string of the molecule is CCC1CC2(CCO1)CNCC(CC)(CC)O2. The van der Waals surface area contributed by atoms with Gasteiger partial charge in [-0.05, 0) is 19.3 Å². The fourth-order valence-electron chi connectivity index (χ4n) is 3.20. The molecule has 100 valence electrons.